The largest absolute Gasteiger partial charge is 0.355 e. The molecule has 2 N–H and O–H groups in total. The monoisotopic (exact) mass is 373 g/mol. The number of thiophene rings is 1. The average molecular weight is 373 g/mol. The number of carbonyl (C=O) groups excluding carboxylic acids is 2. The number of amides is 2. The van der Waals surface area contributed by atoms with E-state index in [1.807, 2.05) is 18.4 Å². The first-order valence-electron chi connectivity index (χ1n) is 8.70. The minimum absolute atomic E-state index is 0.0139. The van der Waals surface area contributed by atoms with Crippen LogP contribution in [0.25, 0.3) is 0 Å². The predicted molar refractivity (Wildman–Crippen MR) is 99.8 cm³/mol. The van der Waals surface area contributed by atoms with Crippen LogP contribution in [0.5, 0.6) is 0 Å². The Kier molecular flexibility index (Phi) is 5.95. The zero-order chi connectivity index (χ0) is 18.5. The van der Waals surface area contributed by atoms with Crippen LogP contribution in [0.2, 0.25) is 0 Å². The SMILES string of the molecule is CCNC(=O)C1CC(NC(=O)c2cncnc2C)CN1Cc1cccs1. The lowest BCUT2D eigenvalue weighted by Gasteiger charge is -2.22. The number of likely N-dealkylation sites (N-methyl/N-ethyl adjacent to an activating group) is 1. The van der Waals surface area contributed by atoms with Gasteiger partial charge in [-0.3, -0.25) is 14.5 Å². The molecule has 0 saturated carbocycles. The predicted octanol–water partition coefficient (Wildman–Crippen LogP) is 1.36. The third-order valence-corrected chi connectivity index (χ3v) is 5.35. The highest BCUT2D eigenvalue weighted by atomic mass is 32.1. The molecule has 0 spiro atoms. The highest BCUT2D eigenvalue weighted by Gasteiger charge is 2.37. The van der Waals surface area contributed by atoms with Gasteiger partial charge in [0.1, 0.15) is 6.33 Å². The maximum atomic E-state index is 12.5. The van der Waals surface area contributed by atoms with Crippen molar-refractivity contribution >= 4 is 23.2 Å². The number of rotatable bonds is 6. The van der Waals surface area contributed by atoms with Crippen molar-refractivity contribution in [3.8, 4) is 0 Å². The van der Waals surface area contributed by atoms with E-state index in [4.69, 9.17) is 0 Å². The molecule has 2 aromatic heterocycles. The zero-order valence-electron chi connectivity index (χ0n) is 14.9. The van der Waals surface area contributed by atoms with Crippen LogP contribution in [0, 0.1) is 6.92 Å². The van der Waals surface area contributed by atoms with E-state index in [2.05, 4.69) is 31.6 Å². The normalized spacial score (nSPS) is 20.1. The Labute approximate surface area is 156 Å². The van der Waals surface area contributed by atoms with Crippen LogP contribution in [0.3, 0.4) is 0 Å². The molecule has 0 radical (unpaired) electrons. The Balaban J connectivity index is 1.69. The van der Waals surface area contributed by atoms with Crippen LogP contribution in [0.1, 0.15) is 34.3 Å². The molecule has 2 atom stereocenters. The van der Waals surface area contributed by atoms with Gasteiger partial charge in [0.15, 0.2) is 0 Å². The van der Waals surface area contributed by atoms with E-state index < -0.39 is 0 Å². The molecule has 1 saturated heterocycles. The number of nitrogens with zero attached hydrogens (tertiary/aromatic N) is 3. The van der Waals surface area contributed by atoms with Gasteiger partial charge in [0.2, 0.25) is 5.91 Å². The highest BCUT2D eigenvalue weighted by molar-refractivity contribution is 7.09. The fraction of sp³-hybridized carbons (Fsp3) is 0.444. The van der Waals surface area contributed by atoms with Gasteiger partial charge >= 0.3 is 0 Å². The zero-order valence-corrected chi connectivity index (χ0v) is 15.8. The van der Waals surface area contributed by atoms with Crippen molar-refractivity contribution in [3.63, 3.8) is 0 Å². The van der Waals surface area contributed by atoms with Crippen molar-refractivity contribution in [1.82, 2.24) is 25.5 Å². The van der Waals surface area contributed by atoms with Crippen molar-refractivity contribution in [1.29, 1.82) is 0 Å². The Hall–Kier alpha value is -2.32. The van der Waals surface area contributed by atoms with Crippen molar-refractivity contribution in [2.45, 2.75) is 38.9 Å². The van der Waals surface area contributed by atoms with E-state index in [1.165, 1.54) is 17.4 Å². The molecule has 3 rings (SSSR count). The molecule has 1 fully saturated rings. The summed E-state index contributed by atoms with van der Waals surface area (Å²) in [7, 11) is 0. The van der Waals surface area contributed by atoms with Gasteiger partial charge < -0.3 is 10.6 Å². The summed E-state index contributed by atoms with van der Waals surface area (Å²) in [6.07, 6.45) is 3.54. The maximum Gasteiger partial charge on any atom is 0.254 e. The second kappa shape index (κ2) is 8.37. The highest BCUT2D eigenvalue weighted by Crippen LogP contribution is 2.23. The van der Waals surface area contributed by atoms with Crippen molar-refractivity contribution in [2.75, 3.05) is 13.1 Å². The van der Waals surface area contributed by atoms with Gasteiger partial charge in [-0.2, -0.15) is 0 Å². The van der Waals surface area contributed by atoms with E-state index in [0.717, 1.165) is 0 Å². The smallest absolute Gasteiger partial charge is 0.254 e. The molecule has 0 bridgehead atoms. The average Bonchev–Trinajstić information content (AvgIpc) is 3.26. The van der Waals surface area contributed by atoms with Crippen LogP contribution in [-0.4, -0.2) is 51.9 Å². The fourth-order valence-electron chi connectivity index (χ4n) is 3.23. The van der Waals surface area contributed by atoms with Gasteiger partial charge in [-0.15, -0.1) is 11.3 Å². The molecule has 138 valence electrons. The molecule has 7 nitrogen and oxygen atoms in total. The second-order valence-corrected chi connectivity index (χ2v) is 7.38. The minimum atomic E-state index is -0.240. The summed E-state index contributed by atoms with van der Waals surface area (Å²) < 4.78 is 0. The second-order valence-electron chi connectivity index (χ2n) is 6.35. The van der Waals surface area contributed by atoms with Gasteiger partial charge in [-0.25, -0.2) is 9.97 Å². The fourth-order valence-corrected chi connectivity index (χ4v) is 3.96. The summed E-state index contributed by atoms with van der Waals surface area (Å²) >= 11 is 1.67. The van der Waals surface area contributed by atoms with Crippen LogP contribution in [0.4, 0.5) is 0 Å². The first-order chi connectivity index (χ1) is 12.6. The molecule has 0 aromatic carbocycles. The lowest BCUT2D eigenvalue weighted by molar-refractivity contribution is -0.125. The number of nitrogens with one attached hydrogen (secondary N) is 2. The molecule has 8 heteroatoms. The molecule has 3 heterocycles. The van der Waals surface area contributed by atoms with Crippen LogP contribution < -0.4 is 10.6 Å². The summed E-state index contributed by atoms with van der Waals surface area (Å²) in [5.74, 6) is -0.180. The third kappa shape index (κ3) is 4.25. The molecule has 2 amide bonds. The lowest BCUT2D eigenvalue weighted by atomic mass is 10.1. The first-order valence-corrected chi connectivity index (χ1v) is 9.58. The number of aryl methyl sites for hydroxylation is 1. The Morgan fingerprint density at radius 2 is 2.27 bits per heavy atom. The third-order valence-electron chi connectivity index (χ3n) is 4.49. The summed E-state index contributed by atoms with van der Waals surface area (Å²) in [5.41, 5.74) is 1.12. The van der Waals surface area contributed by atoms with Gasteiger partial charge in [-0.05, 0) is 31.7 Å². The summed E-state index contributed by atoms with van der Waals surface area (Å²) in [6, 6.07) is 3.75. The quantitative estimate of drug-likeness (QED) is 0.798. The van der Waals surface area contributed by atoms with Crippen molar-refractivity contribution in [2.24, 2.45) is 0 Å². The number of likely N-dealkylation sites (tertiary alicyclic amines) is 1. The van der Waals surface area contributed by atoms with E-state index in [1.54, 1.807) is 18.3 Å². The van der Waals surface area contributed by atoms with E-state index in [9.17, 15) is 9.59 Å². The van der Waals surface area contributed by atoms with Crippen molar-refractivity contribution in [3.05, 3.63) is 46.2 Å². The van der Waals surface area contributed by atoms with Crippen molar-refractivity contribution < 1.29 is 9.59 Å². The maximum absolute atomic E-state index is 12.5. The molecule has 2 aromatic rings. The molecule has 1 aliphatic rings. The number of carbonyl (C=O) groups is 2. The Bertz CT molecular complexity index is 765. The Morgan fingerprint density at radius 3 is 2.96 bits per heavy atom. The molecule has 0 aliphatic carbocycles. The molecular weight excluding hydrogens is 350 g/mol. The number of hydrogen-bond acceptors (Lipinski definition) is 6. The molecule has 26 heavy (non-hydrogen) atoms. The summed E-state index contributed by atoms with van der Waals surface area (Å²) in [6.45, 7) is 5.64. The van der Waals surface area contributed by atoms with Gasteiger partial charge in [0.05, 0.1) is 17.3 Å². The van der Waals surface area contributed by atoms with E-state index >= 15 is 0 Å². The minimum Gasteiger partial charge on any atom is -0.355 e. The lowest BCUT2D eigenvalue weighted by Crippen LogP contribution is -2.42. The number of aromatic nitrogens is 2. The number of hydrogen-bond donors (Lipinski definition) is 2. The van der Waals surface area contributed by atoms with Gasteiger partial charge in [0.25, 0.3) is 5.91 Å². The van der Waals surface area contributed by atoms with E-state index in [-0.39, 0.29) is 23.9 Å². The van der Waals surface area contributed by atoms with E-state index in [0.29, 0.717) is 37.3 Å². The summed E-state index contributed by atoms with van der Waals surface area (Å²) in [4.78, 5) is 36.3. The molecule has 1 aliphatic heterocycles. The van der Waals surface area contributed by atoms with Crippen LogP contribution in [-0.2, 0) is 11.3 Å². The van der Waals surface area contributed by atoms with Crippen LogP contribution in [0.15, 0.2) is 30.0 Å². The topological polar surface area (TPSA) is 87.2 Å². The van der Waals surface area contributed by atoms with Crippen LogP contribution >= 0.6 is 11.3 Å². The molecular formula is C18H23N5O2S. The van der Waals surface area contributed by atoms with Gasteiger partial charge in [-0.1, -0.05) is 6.07 Å². The first kappa shape index (κ1) is 18.5. The standard InChI is InChI=1S/C18H23N5O2S/c1-3-20-18(25)16-7-13(9-23(16)10-14-5-4-6-26-14)22-17(24)15-8-19-11-21-12(15)2/h4-6,8,11,13,16H,3,7,9-10H2,1-2H3,(H,20,25)(H,22,24). The Morgan fingerprint density at radius 1 is 1.42 bits per heavy atom. The van der Waals surface area contributed by atoms with Gasteiger partial charge in [0, 0.05) is 36.8 Å². The molecule has 2 unspecified atom stereocenters. The summed E-state index contributed by atoms with van der Waals surface area (Å²) in [5, 5.41) is 7.97.